The van der Waals surface area contributed by atoms with Gasteiger partial charge >= 0.3 is 23.9 Å². The Labute approximate surface area is 137 Å². The number of cyclic esters (lactones) is 1. The Balaban J connectivity index is 2.74. The summed E-state index contributed by atoms with van der Waals surface area (Å²) in [6, 6.07) is 0. The van der Waals surface area contributed by atoms with Crippen LogP contribution >= 0.6 is 0 Å². The van der Waals surface area contributed by atoms with E-state index in [0.29, 0.717) is 0 Å². The first kappa shape index (κ1) is 20.1. The van der Waals surface area contributed by atoms with Crippen molar-refractivity contribution >= 4 is 23.9 Å². The molecule has 0 saturated carbocycles. The van der Waals surface area contributed by atoms with Crippen LogP contribution in [0, 0.1) is 0 Å². The van der Waals surface area contributed by atoms with Gasteiger partial charge in [0.25, 0.3) is 0 Å². The van der Waals surface area contributed by atoms with Crippen LogP contribution in [0.4, 0.5) is 0 Å². The summed E-state index contributed by atoms with van der Waals surface area (Å²) in [4.78, 5) is 44.0. The Morgan fingerprint density at radius 3 is 2.16 bits per heavy atom. The van der Waals surface area contributed by atoms with Crippen LogP contribution in [0.25, 0.3) is 0 Å². The molecule has 0 amide bonds. The largest absolute Gasteiger partial charge is 0.505 e. The number of carbonyl (C=O) groups is 4. The molecule has 1 aliphatic heterocycles. The maximum Gasteiger partial charge on any atom is 0.377 e. The molecule has 25 heavy (non-hydrogen) atoms. The zero-order valence-electron chi connectivity index (χ0n) is 12.2. The summed E-state index contributed by atoms with van der Waals surface area (Å²) in [5.41, 5.74) is -3.39. The summed E-state index contributed by atoms with van der Waals surface area (Å²) in [6.07, 6.45) is -8.05. The van der Waals surface area contributed by atoms with E-state index in [1.807, 2.05) is 0 Å². The Kier molecular flexibility index (Phi) is 5.91. The number of hydrogen-bond donors (Lipinski definition) is 7. The third-order valence-corrected chi connectivity index (χ3v) is 3.15. The molecule has 0 fully saturated rings. The zero-order chi connectivity index (χ0) is 19.5. The van der Waals surface area contributed by atoms with E-state index in [9.17, 15) is 39.6 Å². The predicted molar refractivity (Wildman–Crippen MR) is 70.0 cm³/mol. The molecule has 4 atom stereocenters. The number of aliphatic hydroxyl groups excluding tert-OH is 4. The number of rotatable bonds is 8. The second kappa shape index (κ2) is 7.33. The normalized spacial score (nSPS) is 21.9. The van der Waals surface area contributed by atoms with Crippen molar-refractivity contribution < 1.29 is 64.4 Å². The van der Waals surface area contributed by atoms with Crippen molar-refractivity contribution in [3.63, 3.8) is 0 Å². The molecule has 0 spiro atoms. The fourth-order valence-electron chi connectivity index (χ4n) is 1.78. The Morgan fingerprint density at radius 2 is 1.76 bits per heavy atom. The lowest BCUT2D eigenvalue weighted by Crippen LogP contribution is -2.55. The van der Waals surface area contributed by atoms with E-state index in [1.165, 1.54) is 0 Å². The topological polar surface area (TPSA) is 228 Å². The van der Waals surface area contributed by atoms with Gasteiger partial charge in [-0.25, -0.2) is 14.4 Å². The van der Waals surface area contributed by atoms with Crippen LogP contribution in [-0.2, 0) is 28.7 Å². The first-order chi connectivity index (χ1) is 11.4. The van der Waals surface area contributed by atoms with Crippen molar-refractivity contribution in [2.45, 2.75) is 30.3 Å². The average molecular weight is 366 g/mol. The fraction of sp³-hybridized carbons (Fsp3) is 0.500. The lowest BCUT2D eigenvalue weighted by molar-refractivity contribution is -0.192. The number of aliphatic carboxylic acids is 2. The molecule has 0 saturated heterocycles. The standard InChI is InChI=1S/C12H14O13/c13-3(7-5(16)6(17)9(19)25-7)2-24-10(20)8(18)12(23,11(21)22)1-4(14)15/h3,7-8,13,16-18,23H,1-2H2,(H,14,15)(H,21,22)/t3-,7-,8-,12+/m1/s1. The first-order valence-corrected chi connectivity index (χ1v) is 6.45. The van der Waals surface area contributed by atoms with Crippen LogP contribution in [0.15, 0.2) is 11.5 Å². The van der Waals surface area contributed by atoms with Crippen LogP contribution in [0.5, 0.6) is 0 Å². The highest BCUT2D eigenvalue weighted by Gasteiger charge is 2.50. The molecule has 140 valence electrons. The fourth-order valence-corrected chi connectivity index (χ4v) is 1.78. The Hall–Kier alpha value is -2.90. The minimum Gasteiger partial charge on any atom is -0.505 e. The molecule has 0 unspecified atom stereocenters. The molecule has 13 nitrogen and oxygen atoms in total. The smallest absolute Gasteiger partial charge is 0.377 e. The van der Waals surface area contributed by atoms with Gasteiger partial charge in [-0.1, -0.05) is 0 Å². The number of aliphatic hydroxyl groups is 5. The van der Waals surface area contributed by atoms with Crippen molar-refractivity contribution in [2.24, 2.45) is 0 Å². The third kappa shape index (κ3) is 4.14. The summed E-state index contributed by atoms with van der Waals surface area (Å²) in [6.45, 7) is -1.06. The lowest BCUT2D eigenvalue weighted by Gasteiger charge is -2.26. The summed E-state index contributed by atoms with van der Waals surface area (Å²) in [5, 5.41) is 64.5. The number of carboxylic acid groups (broad SMARTS) is 2. The molecule has 1 heterocycles. The van der Waals surface area contributed by atoms with E-state index in [0.717, 1.165) is 0 Å². The summed E-state index contributed by atoms with van der Waals surface area (Å²) in [7, 11) is 0. The van der Waals surface area contributed by atoms with Gasteiger partial charge in [0.05, 0.1) is 6.42 Å². The molecule has 0 aromatic carbocycles. The van der Waals surface area contributed by atoms with Gasteiger partial charge in [0, 0.05) is 0 Å². The molecule has 13 heteroatoms. The van der Waals surface area contributed by atoms with Gasteiger partial charge < -0.3 is 45.2 Å². The molecule has 7 N–H and O–H groups in total. The number of esters is 2. The van der Waals surface area contributed by atoms with Crippen LogP contribution < -0.4 is 0 Å². The Morgan fingerprint density at radius 1 is 1.20 bits per heavy atom. The van der Waals surface area contributed by atoms with Crippen LogP contribution in [0.2, 0.25) is 0 Å². The lowest BCUT2D eigenvalue weighted by atomic mass is 9.93. The van der Waals surface area contributed by atoms with Gasteiger partial charge in [0.1, 0.15) is 12.7 Å². The molecule has 0 radical (unpaired) electrons. The maximum atomic E-state index is 11.6. The number of carboxylic acids is 2. The van der Waals surface area contributed by atoms with Crippen molar-refractivity contribution in [1.29, 1.82) is 0 Å². The molecule has 0 aromatic heterocycles. The summed E-state index contributed by atoms with van der Waals surface area (Å²) < 4.78 is 8.67. The summed E-state index contributed by atoms with van der Waals surface area (Å²) >= 11 is 0. The highest BCUT2D eigenvalue weighted by Crippen LogP contribution is 2.22. The van der Waals surface area contributed by atoms with E-state index in [1.54, 1.807) is 0 Å². The van der Waals surface area contributed by atoms with Crippen molar-refractivity contribution in [3.8, 4) is 0 Å². The highest BCUT2D eigenvalue weighted by atomic mass is 16.6. The molecular weight excluding hydrogens is 352 g/mol. The molecule has 1 rings (SSSR count). The van der Waals surface area contributed by atoms with Gasteiger partial charge in [0.15, 0.2) is 18.0 Å². The van der Waals surface area contributed by atoms with Gasteiger partial charge in [-0.15, -0.1) is 0 Å². The van der Waals surface area contributed by atoms with E-state index < -0.39 is 72.3 Å². The zero-order valence-corrected chi connectivity index (χ0v) is 12.2. The predicted octanol–water partition coefficient (Wildman–Crippen LogP) is -3.21. The summed E-state index contributed by atoms with van der Waals surface area (Å²) in [5.74, 6) is -9.41. The van der Waals surface area contributed by atoms with E-state index in [2.05, 4.69) is 9.47 Å². The van der Waals surface area contributed by atoms with Crippen molar-refractivity contribution in [1.82, 2.24) is 0 Å². The van der Waals surface area contributed by atoms with Gasteiger partial charge in [-0.3, -0.25) is 4.79 Å². The van der Waals surface area contributed by atoms with E-state index in [4.69, 9.17) is 15.3 Å². The second-order valence-electron chi connectivity index (χ2n) is 4.96. The number of carbonyl (C=O) groups excluding carboxylic acids is 2. The van der Waals surface area contributed by atoms with Gasteiger partial charge in [-0.2, -0.15) is 0 Å². The molecule has 0 aromatic rings. The maximum absolute atomic E-state index is 11.6. The van der Waals surface area contributed by atoms with Gasteiger partial charge in [-0.05, 0) is 0 Å². The minimum atomic E-state index is -3.39. The average Bonchev–Trinajstić information content (AvgIpc) is 2.78. The molecule has 0 bridgehead atoms. The van der Waals surface area contributed by atoms with E-state index in [-0.39, 0.29) is 0 Å². The number of ether oxygens (including phenoxy) is 2. The van der Waals surface area contributed by atoms with Crippen LogP contribution in [0.3, 0.4) is 0 Å². The Bertz CT molecular complexity index is 622. The first-order valence-electron chi connectivity index (χ1n) is 6.45. The molecule has 0 aliphatic carbocycles. The SMILES string of the molecule is O=C(O)C[C@@](O)(C(=O)O)[C@H](O)C(=O)OC[C@@H](O)[C@H]1OC(=O)C(O)=C1O. The number of hydrogen-bond acceptors (Lipinski definition) is 11. The minimum absolute atomic E-state index is 1.04. The second-order valence-corrected chi connectivity index (χ2v) is 4.96. The van der Waals surface area contributed by atoms with Crippen LogP contribution in [0.1, 0.15) is 6.42 Å². The monoisotopic (exact) mass is 366 g/mol. The van der Waals surface area contributed by atoms with Crippen LogP contribution in [-0.4, -0.2) is 90.1 Å². The third-order valence-electron chi connectivity index (χ3n) is 3.15. The van der Waals surface area contributed by atoms with E-state index >= 15 is 0 Å². The van der Waals surface area contributed by atoms with Crippen molar-refractivity contribution in [3.05, 3.63) is 11.5 Å². The quantitative estimate of drug-likeness (QED) is 0.210. The molecular formula is C12H14O13. The molecule has 1 aliphatic rings. The van der Waals surface area contributed by atoms with Crippen molar-refractivity contribution in [2.75, 3.05) is 6.61 Å². The van der Waals surface area contributed by atoms with Gasteiger partial charge in [0.2, 0.25) is 11.4 Å². The highest BCUT2D eigenvalue weighted by molar-refractivity contribution is 5.91.